The first kappa shape index (κ1) is 30.5. The van der Waals surface area contributed by atoms with Crippen molar-refractivity contribution >= 4 is 12.0 Å². The van der Waals surface area contributed by atoms with Crippen LogP contribution in [0, 0.1) is 17.6 Å². The standard InChI is InChI=1S/C36H36F2O4/c1-36(2,3)30-18-13-26(14-19-30)23-42-33-7-5-4-6-28(33)15-12-25(20-27-21-31(37)34(39)32(38)22-27)9-8-24-10-16-29(17-11-24)35(40)41/h4-7,10-19,21-22,25,39H,8-9,20,23H2,1-3H3,(H,40,41). The van der Waals surface area contributed by atoms with E-state index < -0.39 is 23.4 Å². The second kappa shape index (κ2) is 13.5. The summed E-state index contributed by atoms with van der Waals surface area (Å²) in [4.78, 5) is 11.2. The molecule has 0 saturated carbocycles. The molecule has 0 heterocycles. The highest BCUT2D eigenvalue weighted by Gasteiger charge is 2.15. The number of hydrogen-bond donors (Lipinski definition) is 2. The summed E-state index contributed by atoms with van der Waals surface area (Å²) < 4.78 is 34.3. The van der Waals surface area contributed by atoms with Crippen LogP contribution >= 0.6 is 0 Å². The first-order valence-corrected chi connectivity index (χ1v) is 14.0. The third kappa shape index (κ3) is 8.29. The zero-order valence-corrected chi connectivity index (χ0v) is 24.1. The Morgan fingerprint density at radius 2 is 1.50 bits per heavy atom. The van der Waals surface area contributed by atoms with Gasteiger partial charge in [-0.15, -0.1) is 0 Å². The minimum atomic E-state index is -0.994. The molecule has 6 heteroatoms. The highest BCUT2D eigenvalue weighted by Crippen LogP contribution is 2.28. The summed E-state index contributed by atoms with van der Waals surface area (Å²) >= 11 is 0. The van der Waals surface area contributed by atoms with Crippen LogP contribution in [0.25, 0.3) is 6.08 Å². The van der Waals surface area contributed by atoms with Gasteiger partial charge in [0.1, 0.15) is 12.4 Å². The van der Waals surface area contributed by atoms with Crippen molar-refractivity contribution in [1.82, 2.24) is 0 Å². The molecule has 2 N–H and O–H groups in total. The highest BCUT2D eigenvalue weighted by molar-refractivity contribution is 5.87. The van der Waals surface area contributed by atoms with Crippen molar-refractivity contribution in [2.75, 3.05) is 0 Å². The molecule has 0 radical (unpaired) electrons. The zero-order valence-electron chi connectivity index (χ0n) is 24.1. The molecule has 0 spiro atoms. The first-order chi connectivity index (χ1) is 20.0. The van der Waals surface area contributed by atoms with Gasteiger partial charge in [-0.3, -0.25) is 0 Å². The van der Waals surface area contributed by atoms with E-state index in [-0.39, 0.29) is 16.9 Å². The molecule has 42 heavy (non-hydrogen) atoms. The van der Waals surface area contributed by atoms with Crippen molar-refractivity contribution in [2.24, 2.45) is 5.92 Å². The number of para-hydroxylation sites is 1. The topological polar surface area (TPSA) is 66.8 Å². The second-order valence-electron chi connectivity index (χ2n) is 11.5. The quantitative estimate of drug-likeness (QED) is 0.189. The highest BCUT2D eigenvalue weighted by atomic mass is 19.1. The minimum Gasteiger partial charge on any atom is -0.503 e. The van der Waals surface area contributed by atoms with Gasteiger partial charge in [-0.25, -0.2) is 13.6 Å². The van der Waals surface area contributed by atoms with Crippen LogP contribution < -0.4 is 4.74 Å². The predicted molar refractivity (Wildman–Crippen MR) is 162 cm³/mol. The Morgan fingerprint density at radius 1 is 0.881 bits per heavy atom. The molecular formula is C36H36F2O4. The van der Waals surface area contributed by atoms with Crippen LogP contribution in [0.1, 0.15) is 65.4 Å². The molecule has 4 rings (SSSR count). The van der Waals surface area contributed by atoms with Gasteiger partial charge in [0, 0.05) is 5.56 Å². The van der Waals surface area contributed by atoms with E-state index in [4.69, 9.17) is 9.84 Å². The number of ether oxygens (including phenoxy) is 1. The second-order valence-corrected chi connectivity index (χ2v) is 11.5. The number of aromatic carboxylic acids is 1. The van der Waals surface area contributed by atoms with Gasteiger partial charge < -0.3 is 14.9 Å². The molecule has 0 saturated heterocycles. The Bertz CT molecular complexity index is 1510. The third-order valence-electron chi connectivity index (χ3n) is 7.26. The first-order valence-electron chi connectivity index (χ1n) is 14.0. The Kier molecular flexibility index (Phi) is 9.79. The van der Waals surface area contributed by atoms with E-state index in [9.17, 15) is 18.7 Å². The third-order valence-corrected chi connectivity index (χ3v) is 7.26. The predicted octanol–water partition coefficient (Wildman–Crippen LogP) is 8.75. The normalized spacial score (nSPS) is 12.4. The van der Waals surface area contributed by atoms with Crippen LogP contribution in [-0.2, 0) is 24.9 Å². The monoisotopic (exact) mass is 570 g/mol. The lowest BCUT2D eigenvalue weighted by atomic mass is 9.87. The van der Waals surface area contributed by atoms with Crippen LogP contribution in [-0.4, -0.2) is 16.2 Å². The van der Waals surface area contributed by atoms with Crippen LogP contribution in [0.2, 0.25) is 0 Å². The van der Waals surface area contributed by atoms with E-state index in [2.05, 4.69) is 45.0 Å². The van der Waals surface area contributed by atoms with E-state index in [1.54, 1.807) is 24.3 Å². The SMILES string of the molecule is CC(C)(C)c1ccc(COc2ccccc2C=CC(CCc2ccc(C(=O)O)cc2)Cc2cc(F)c(O)c(F)c2)cc1. The largest absolute Gasteiger partial charge is 0.503 e. The number of carbonyl (C=O) groups is 1. The summed E-state index contributed by atoms with van der Waals surface area (Å²) in [5.74, 6) is -3.34. The zero-order chi connectivity index (χ0) is 30.3. The average molecular weight is 571 g/mol. The Morgan fingerprint density at radius 3 is 2.12 bits per heavy atom. The van der Waals surface area contributed by atoms with Gasteiger partial charge in [0.15, 0.2) is 17.4 Å². The molecule has 0 aromatic heterocycles. The van der Waals surface area contributed by atoms with Gasteiger partial charge in [0.05, 0.1) is 5.56 Å². The Balaban J connectivity index is 1.51. The lowest BCUT2D eigenvalue weighted by Crippen LogP contribution is -2.10. The molecule has 0 aliphatic rings. The number of halogens is 2. The maximum atomic E-state index is 14.1. The molecule has 0 bridgehead atoms. The molecule has 4 aromatic rings. The fourth-order valence-corrected chi connectivity index (χ4v) is 4.72. The van der Waals surface area contributed by atoms with Crippen LogP contribution in [0.5, 0.6) is 11.5 Å². The van der Waals surface area contributed by atoms with Gasteiger partial charge in [0.2, 0.25) is 0 Å². The lowest BCUT2D eigenvalue weighted by Gasteiger charge is -2.19. The number of aromatic hydroxyl groups is 1. The number of carboxylic acid groups (broad SMARTS) is 1. The molecule has 4 aromatic carbocycles. The van der Waals surface area contributed by atoms with Crippen molar-refractivity contribution in [1.29, 1.82) is 0 Å². The number of allylic oxidation sites excluding steroid dienone is 1. The maximum absolute atomic E-state index is 14.1. The van der Waals surface area contributed by atoms with E-state index in [1.807, 2.05) is 36.4 Å². The summed E-state index contributed by atoms with van der Waals surface area (Å²) in [5.41, 5.74) is 4.88. The van der Waals surface area contributed by atoms with Crippen LogP contribution in [0.3, 0.4) is 0 Å². The number of aryl methyl sites for hydroxylation is 1. The van der Waals surface area contributed by atoms with E-state index in [0.717, 1.165) is 34.6 Å². The molecule has 0 fully saturated rings. The van der Waals surface area contributed by atoms with Gasteiger partial charge in [-0.2, -0.15) is 0 Å². The van der Waals surface area contributed by atoms with Gasteiger partial charge in [0.25, 0.3) is 0 Å². The number of benzene rings is 4. The minimum absolute atomic E-state index is 0.0763. The summed E-state index contributed by atoms with van der Waals surface area (Å²) in [7, 11) is 0. The fraction of sp³-hybridized carbons (Fsp3) is 0.250. The molecule has 1 unspecified atom stereocenters. The molecule has 4 nitrogen and oxygen atoms in total. The molecule has 0 aliphatic heterocycles. The maximum Gasteiger partial charge on any atom is 0.335 e. The summed E-state index contributed by atoms with van der Waals surface area (Å²) in [6.45, 7) is 6.95. The number of hydrogen-bond acceptors (Lipinski definition) is 3. The molecular weight excluding hydrogens is 534 g/mol. The van der Waals surface area contributed by atoms with E-state index >= 15 is 0 Å². The molecule has 218 valence electrons. The van der Waals surface area contributed by atoms with Crippen molar-refractivity contribution in [3.05, 3.63) is 136 Å². The molecule has 0 amide bonds. The molecule has 1 atom stereocenters. The summed E-state index contributed by atoms with van der Waals surface area (Å²) in [5, 5.41) is 18.7. The van der Waals surface area contributed by atoms with Crippen LogP contribution in [0.4, 0.5) is 8.78 Å². The van der Waals surface area contributed by atoms with E-state index in [1.165, 1.54) is 5.56 Å². The Labute approximate surface area is 245 Å². The molecule has 0 aliphatic carbocycles. The van der Waals surface area contributed by atoms with Crippen molar-refractivity contribution in [3.63, 3.8) is 0 Å². The summed E-state index contributed by atoms with van der Waals surface area (Å²) in [6.07, 6.45) is 5.61. The van der Waals surface area contributed by atoms with Gasteiger partial charge >= 0.3 is 5.97 Å². The lowest BCUT2D eigenvalue weighted by molar-refractivity contribution is 0.0697. The van der Waals surface area contributed by atoms with Gasteiger partial charge in [-0.1, -0.05) is 87.5 Å². The number of phenols is 1. The summed E-state index contributed by atoms with van der Waals surface area (Å²) in [6, 6.07) is 25.1. The van der Waals surface area contributed by atoms with E-state index in [0.29, 0.717) is 31.4 Å². The van der Waals surface area contributed by atoms with Crippen molar-refractivity contribution in [3.8, 4) is 11.5 Å². The fourth-order valence-electron chi connectivity index (χ4n) is 4.72. The number of rotatable bonds is 11. The average Bonchev–Trinajstić information content (AvgIpc) is 2.96. The smallest absolute Gasteiger partial charge is 0.335 e. The van der Waals surface area contributed by atoms with Crippen LogP contribution in [0.15, 0.2) is 91.0 Å². The van der Waals surface area contributed by atoms with Gasteiger partial charge in [-0.05, 0) is 83.2 Å². The van der Waals surface area contributed by atoms with Crippen molar-refractivity contribution < 1.29 is 28.5 Å². The number of phenolic OH excluding ortho intramolecular Hbond substituents is 1. The number of carboxylic acids is 1. The van der Waals surface area contributed by atoms with Crippen molar-refractivity contribution in [2.45, 2.75) is 52.1 Å². The Hall–Kier alpha value is -4.45.